The van der Waals surface area contributed by atoms with Gasteiger partial charge in [-0.25, -0.2) is 0 Å². The fourth-order valence-electron chi connectivity index (χ4n) is 2.68. The van der Waals surface area contributed by atoms with Crippen molar-refractivity contribution in [2.75, 3.05) is 31.1 Å². The smallest absolute Gasteiger partial charge is 0.0592 e. The van der Waals surface area contributed by atoms with Crippen molar-refractivity contribution in [2.24, 2.45) is 11.8 Å². The normalized spacial score (nSPS) is 29.5. The molecule has 2 atom stereocenters. The van der Waals surface area contributed by atoms with Crippen LogP contribution in [0, 0.1) is 11.8 Å². The van der Waals surface area contributed by atoms with Crippen LogP contribution in [0.2, 0.25) is 0 Å². The first-order valence-electron chi connectivity index (χ1n) is 5.40. The van der Waals surface area contributed by atoms with Gasteiger partial charge in [0.1, 0.15) is 0 Å². The van der Waals surface area contributed by atoms with Crippen molar-refractivity contribution >= 4 is 21.6 Å². The van der Waals surface area contributed by atoms with E-state index >= 15 is 0 Å². The van der Waals surface area contributed by atoms with Crippen LogP contribution in [0.25, 0.3) is 0 Å². The lowest BCUT2D eigenvalue weighted by Crippen LogP contribution is -2.25. The van der Waals surface area contributed by atoms with Crippen LogP contribution in [0.5, 0.6) is 0 Å². The summed E-state index contributed by atoms with van der Waals surface area (Å²) < 4.78 is 1.11. The van der Waals surface area contributed by atoms with Gasteiger partial charge in [-0.2, -0.15) is 0 Å². The largest absolute Gasteiger partial charge is 0.370 e. The SMILES string of the molecule is Brc1cnccc1N1CC2CNCC2C1. The first-order valence-corrected chi connectivity index (χ1v) is 6.19. The molecule has 2 aliphatic rings. The molecule has 3 rings (SSSR count). The Morgan fingerprint density at radius 2 is 2.07 bits per heavy atom. The third-order valence-corrected chi connectivity index (χ3v) is 4.09. The van der Waals surface area contributed by atoms with Crippen molar-refractivity contribution < 1.29 is 0 Å². The fraction of sp³-hybridized carbons (Fsp3) is 0.545. The van der Waals surface area contributed by atoms with E-state index in [1.54, 1.807) is 0 Å². The van der Waals surface area contributed by atoms with E-state index in [9.17, 15) is 0 Å². The molecule has 0 saturated carbocycles. The van der Waals surface area contributed by atoms with E-state index in [1.807, 2.05) is 12.4 Å². The van der Waals surface area contributed by atoms with E-state index in [0.29, 0.717) is 0 Å². The highest BCUT2D eigenvalue weighted by Crippen LogP contribution is 2.33. The van der Waals surface area contributed by atoms with Crippen LogP contribution in [-0.4, -0.2) is 31.2 Å². The maximum Gasteiger partial charge on any atom is 0.0592 e. The molecule has 0 aromatic carbocycles. The molecule has 80 valence electrons. The summed E-state index contributed by atoms with van der Waals surface area (Å²) in [4.78, 5) is 6.58. The third-order valence-electron chi connectivity index (χ3n) is 3.48. The lowest BCUT2D eigenvalue weighted by molar-refractivity contribution is 0.533. The van der Waals surface area contributed by atoms with Gasteiger partial charge in [-0.1, -0.05) is 0 Å². The van der Waals surface area contributed by atoms with Gasteiger partial charge in [0.2, 0.25) is 0 Å². The van der Waals surface area contributed by atoms with Crippen molar-refractivity contribution in [2.45, 2.75) is 0 Å². The second kappa shape index (κ2) is 3.76. The van der Waals surface area contributed by atoms with Crippen molar-refractivity contribution in [3.63, 3.8) is 0 Å². The molecular formula is C11H14BrN3. The number of aromatic nitrogens is 1. The summed E-state index contributed by atoms with van der Waals surface area (Å²) in [5, 5.41) is 3.46. The maximum atomic E-state index is 4.10. The van der Waals surface area contributed by atoms with E-state index in [2.05, 4.69) is 37.2 Å². The van der Waals surface area contributed by atoms with Gasteiger partial charge in [-0.15, -0.1) is 0 Å². The number of hydrogen-bond donors (Lipinski definition) is 1. The zero-order valence-electron chi connectivity index (χ0n) is 8.49. The molecule has 0 amide bonds. The summed E-state index contributed by atoms with van der Waals surface area (Å²) in [6.07, 6.45) is 3.74. The Bertz CT molecular complexity index is 357. The molecule has 1 aromatic rings. The molecule has 15 heavy (non-hydrogen) atoms. The first-order chi connectivity index (χ1) is 7.34. The second-order valence-corrected chi connectivity index (χ2v) is 5.26. The number of halogens is 1. The van der Waals surface area contributed by atoms with Gasteiger partial charge in [0.05, 0.1) is 10.2 Å². The number of pyridine rings is 1. The zero-order valence-corrected chi connectivity index (χ0v) is 10.1. The van der Waals surface area contributed by atoms with Crippen LogP contribution >= 0.6 is 15.9 Å². The molecule has 1 N–H and O–H groups in total. The average molecular weight is 268 g/mol. The van der Waals surface area contributed by atoms with Crippen molar-refractivity contribution in [3.8, 4) is 0 Å². The Morgan fingerprint density at radius 1 is 1.33 bits per heavy atom. The van der Waals surface area contributed by atoms with Gasteiger partial charge in [0, 0.05) is 38.6 Å². The highest BCUT2D eigenvalue weighted by atomic mass is 79.9. The minimum atomic E-state index is 0.838. The van der Waals surface area contributed by atoms with Gasteiger partial charge in [0.25, 0.3) is 0 Å². The van der Waals surface area contributed by atoms with E-state index in [1.165, 1.54) is 31.9 Å². The number of anilines is 1. The fourth-order valence-corrected chi connectivity index (χ4v) is 3.18. The van der Waals surface area contributed by atoms with E-state index in [-0.39, 0.29) is 0 Å². The minimum Gasteiger partial charge on any atom is -0.370 e. The molecule has 2 unspecified atom stereocenters. The van der Waals surface area contributed by atoms with Gasteiger partial charge < -0.3 is 10.2 Å². The molecule has 3 nitrogen and oxygen atoms in total. The predicted octanol–water partition coefficient (Wildman–Crippen LogP) is 1.50. The van der Waals surface area contributed by atoms with Crippen LogP contribution in [0.3, 0.4) is 0 Å². The standard InChI is InChI=1S/C11H14BrN3/c12-10-5-13-2-1-11(10)15-6-8-3-14-4-9(8)7-15/h1-2,5,8-9,14H,3-4,6-7H2. The summed E-state index contributed by atoms with van der Waals surface area (Å²) in [7, 11) is 0. The van der Waals surface area contributed by atoms with E-state index < -0.39 is 0 Å². The van der Waals surface area contributed by atoms with Gasteiger partial charge in [0.15, 0.2) is 0 Å². The summed E-state index contributed by atoms with van der Waals surface area (Å²) >= 11 is 3.57. The van der Waals surface area contributed by atoms with Gasteiger partial charge in [-0.3, -0.25) is 4.98 Å². The lowest BCUT2D eigenvalue weighted by Gasteiger charge is -2.20. The minimum absolute atomic E-state index is 0.838. The molecule has 2 aliphatic heterocycles. The lowest BCUT2D eigenvalue weighted by atomic mass is 10.0. The molecular weight excluding hydrogens is 254 g/mol. The topological polar surface area (TPSA) is 28.2 Å². The predicted molar refractivity (Wildman–Crippen MR) is 64.0 cm³/mol. The highest BCUT2D eigenvalue weighted by Gasteiger charge is 2.36. The quantitative estimate of drug-likeness (QED) is 0.836. The Balaban J connectivity index is 1.82. The van der Waals surface area contributed by atoms with Crippen LogP contribution in [0.15, 0.2) is 22.9 Å². The average Bonchev–Trinajstić information content (AvgIpc) is 2.77. The Labute approximate surface area is 98.0 Å². The van der Waals surface area contributed by atoms with E-state index in [4.69, 9.17) is 0 Å². The number of nitrogens with zero attached hydrogens (tertiary/aromatic N) is 2. The van der Waals surface area contributed by atoms with Crippen molar-refractivity contribution in [1.29, 1.82) is 0 Å². The van der Waals surface area contributed by atoms with E-state index in [0.717, 1.165) is 16.3 Å². The number of hydrogen-bond acceptors (Lipinski definition) is 3. The van der Waals surface area contributed by atoms with Crippen molar-refractivity contribution in [1.82, 2.24) is 10.3 Å². The first kappa shape index (κ1) is 9.60. The summed E-state index contributed by atoms with van der Waals surface area (Å²) in [5.74, 6) is 1.68. The number of nitrogens with one attached hydrogen (secondary N) is 1. The number of fused-ring (bicyclic) bond motifs is 1. The molecule has 0 bridgehead atoms. The Kier molecular flexibility index (Phi) is 2.41. The third kappa shape index (κ3) is 1.66. The van der Waals surface area contributed by atoms with Crippen LogP contribution in [0.4, 0.5) is 5.69 Å². The van der Waals surface area contributed by atoms with Crippen LogP contribution in [0.1, 0.15) is 0 Å². The summed E-state index contributed by atoms with van der Waals surface area (Å²) in [6, 6.07) is 2.10. The maximum absolute atomic E-state index is 4.10. The molecule has 1 aromatic heterocycles. The molecule has 4 heteroatoms. The van der Waals surface area contributed by atoms with Crippen LogP contribution < -0.4 is 10.2 Å². The van der Waals surface area contributed by atoms with Gasteiger partial charge >= 0.3 is 0 Å². The van der Waals surface area contributed by atoms with Crippen LogP contribution in [-0.2, 0) is 0 Å². The summed E-state index contributed by atoms with van der Waals surface area (Å²) in [6.45, 7) is 4.73. The van der Waals surface area contributed by atoms with Gasteiger partial charge in [-0.05, 0) is 33.8 Å². The zero-order chi connectivity index (χ0) is 10.3. The molecule has 2 saturated heterocycles. The molecule has 0 spiro atoms. The molecule has 0 aliphatic carbocycles. The Hall–Kier alpha value is -0.610. The second-order valence-electron chi connectivity index (χ2n) is 4.41. The van der Waals surface area contributed by atoms with Crippen molar-refractivity contribution in [3.05, 3.63) is 22.9 Å². The monoisotopic (exact) mass is 267 g/mol. The molecule has 0 radical (unpaired) electrons. The summed E-state index contributed by atoms with van der Waals surface area (Å²) in [5.41, 5.74) is 1.29. The molecule has 2 fully saturated rings. The molecule has 3 heterocycles. The number of rotatable bonds is 1. The highest BCUT2D eigenvalue weighted by molar-refractivity contribution is 9.10. The Morgan fingerprint density at radius 3 is 2.73 bits per heavy atom.